The van der Waals surface area contributed by atoms with E-state index >= 15 is 0 Å². The van der Waals surface area contributed by atoms with Crippen molar-refractivity contribution in [3.63, 3.8) is 0 Å². The number of hydrogen-bond donors (Lipinski definition) is 1. The second kappa shape index (κ2) is 7.35. The zero-order valence-corrected chi connectivity index (χ0v) is 13.5. The summed E-state index contributed by atoms with van der Waals surface area (Å²) in [6.45, 7) is 2.02. The molecule has 1 saturated carbocycles. The van der Waals surface area contributed by atoms with E-state index in [2.05, 4.69) is 20.4 Å². The molecule has 3 rings (SSSR count). The van der Waals surface area contributed by atoms with Crippen molar-refractivity contribution >= 4 is 11.6 Å². The lowest BCUT2D eigenvalue weighted by atomic mass is 9.83. The second-order valence-electron chi connectivity index (χ2n) is 6.38. The van der Waals surface area contributed by atoms with Crippen LogP contribution >= 0.6 is 0 Å². The molecule has 2 aromatic heterocycles. The van der Waals surface area contributed by atoms with Crippen LogP contribution in [0.1, 0.15) is 45.4 Å². The number of hydrogen-bond acceptors (Lipinski definition) is 4. The van der Waals surface area contributed by atoms with Crippen LogP contribution in [-0.2, 0) is 4.79 Å². The number of amides is 1. The fourth-order valence-corrected chi connectivity index (χ4v) is 3.22. The number of pyridine rings is 1. The molecule has 1 N–H and O–H groups in total. The third kappa shape index (κ3) is 4.15. The summed E-state index contributed by atoms with van der Waals surface area (Å²) >= 11 is 0. The smallest absolute Gasteiger partial charge is 0.227 e. The predicted octanol–water partition coefficient (Wildman–Crippen LogP) is 3.21. The first-order valence-electron chi connectivity index (χ1n) is 8.34. The molecule has 2 aromatic rings. The molecule has 1 aliphatic carbocycles. The third-order valence-corrected chi connectivity index (χ3v) is 4.53. The minimum atomic E-state index is 0.0353. The molecule has 122 valence electrons. The average Bonchev–Trinajstić information content (AvgIpc) is 3.11. The molecule has 1 fully saturated rings. The van der Waals surface area contributed by atoms with Gasteiger partial charge in [-0.2, -0.15) is 5.10 Å². The van der Waals surface area contributed by atoms with Crippen LogP contribution in [0.25, 0.3) is 5.82 Å². The van der Waals surface area contributed by atoms with E-state index in [0.29, 0.717) is 17.4 Å². The van der Waals surface area contributed by atoms with Gasteiger partial charge in [-0.1, -0.05) is 39.0 Å². The molecule has 0 radical (unpaired) electrons. The Morgan fingerprint density at radius 2 is 2.17 bits per heavy atom. The first kappa shape index (κ1) is 15.6. The largest absolute Gasteiger partial charge is 0.324 e. The maximum Gasteiger partial charge on any atom is 0.227 e. The minimum absolute atomic E-state index is 0.0353. The topological polar surface area (TPSA) is 72.7 Å². The van der Waals surface area contributed by atoms with Crippen LogP contribution in [0.3, 0.4) is 0 Å². The van der Waals surface area contributed by atoms with E-state index in [1.165, 1.54) is 38.4 Å². The summed E-state index contributed by atoms with van der Waals surface area (Å²) in [5, 5.41) is 6.98. The Labute approximate surface area is 136 Å². The Bertz CT molecular complexity index is 617. The predicted molar refractivity (Wildman–Crippen MR) is 88.1 cm³/mol. The quantitative estimate of drug-likeness (QED) is 0.920. The molecule has 23 heavy (non-hydrogen) atoms. The lowest BCUT2D eigenvalue weighted by Crippen LogP contribution is -2.23. The monoisotopic (exact) mass is 313 g/mol. The van der Waals surface area contributed by atoms with E-state index in [1.807, 2.05) is 19.1 Å². The van der Waals surface area contributed by atoms with Gasteiger partial charge in [0.1, 0.15) is 12.7 Å². The molecule has 0 aliphatic heterocycles. The number of rotatable bonds is 5. The van der Waals surface area contributed by atoms with Crippen molar-refractivity contribution in [3.8, 4) is 5.82 Å². The van der Waals surface area contributed by atoms with Gasteiger partial charge in [-0.05, 0) is 24.5 Å². The van der Waals surface area contributed by atoms with Crippen LogP contribution < -0.4 is 5.32 Å². The van der Waals surface area contributed by atoms with Gasteiger partial charge in [0.15, 0.2) is 5.82 Å². The number of anilines is 1. The van der Waals surface area contributed by atoms with Crippen molar-refractivity contribution in [2.24, 2.45) is 11.8 Å². The van der Waals surface area contributed by atoms with Crippen molar-refractivity contribution < 1.29 is 4.79 Å². The SMILES string of the molecule is C[C@H](CC1CCCCC1)C(=O)Nc1ccc(-n2cncn2)nc1. The lowest BCUT2D eigenvalue weighted by molar-refractivity contribution is -0.120. The molecular weight excluding hydrogens is 290 g/mol. The number of nitrogens with one attached hydrogen (secondary N) is 1. The molecule has 0 spiro atoms. The van der Waals surface area contributed by atoms with Crippen molar-refractivity contribution in [1.82, 2.24) is 19.7 Å². The van der Waals surface area contributed by atoms with Crippen molar-refractivity contribution in [1.29, 1.82) is 0 Å². The zero-order valence-electron chi connectivity index (χ0n) is 13.5. The van der Waals surface area contributed by atoms with Crippen LogP contribution in [0.15, 0.2) is 31.0 Å². The van der Waals surface area contributed by atoms with E-state index in [1.54, 1.807) is 17.2 Å². The summed E-state index contributed by atoms with van der Waals surface area (Å²) in [4.78, 5) is 20.5. The first-order chi connectivity index (χ1) is 11.2. The van der Waals surface area contributed by atoms with Gasteiger partial charge >= 0.3 is 0 Å². The molecule has 2 heterocycles. The fourth-order valence-electron chi connectivity index (χ4n) is 3.22. The van der Waals surface area contributed by atoms with Gasteiger partial charge in [0.25, 0.3) is 0 Å². The van der Waals surface area contributed by atoms with Gasteiger partial charge in [0.05, 0.1) is 11.9 Å². The van der Waals surface area contributed by atoms with Crippen molar-refractivity contribution in [2.45, 2.75) is 45.4 Å². The van der Waals surface area contributed by atoms with E-state index < -0.39 is 0 Å². The highest BCUT2D eigenvalue weighted by atomic mass is 16.1. The van der Waals surface area contributed by atoms with Crippen molar-refractivity contribution in [2.75, 3.05) is 5.32 Å². The number of aromatic nitrogens is 4. The molecule has 1 amide bonds. The Morgan fingerprint density at radius 1 is 1.35 bits per heavy atom. The molecule has 6 nitrogen and oxygen atoms in total. The highest BCUT2D eigenvalue weighted by Gasteiger charge is 2.20. The first-order valence-corrected chi connectivity index (χ1v) is 8.34. The van der Waals surface area contributed by atoms with Gasteiger partial charge < -0.3 is 5.32 Å². The fraction of sp³-hybridized carbons (Fsp3) is 0.529. The highest BCUT2D eigenvalue weighted by molar-refractivity contribution is 5.92. The van der Waals surface area contributed by atoms with Crippen LogP contribution in [0.5, 0.6) is 0 Å². The number of carbonyl (C=O) groups excluding carboxylic acids is 1. The summed E-state index contributed by atoms with van der Waals surface area (Å²) in [6, 6.07) is 3.66. The summed E-state index contributed by atoms with van der Waals surface area (Å²) in [5.74, 6) is 1.49. The van der Waals surface area contributed by atoms with Gasteiger partial charge in [-0.25, -0.2) is 14.6 Å². The maximum atomic E-state index is 12.3. The van der Waals surface area contributed by atoms with Crippen LogP contribution in [0.2, 0.25) is 0 Å². The van der Waals surface area contributed by atoms with Crippen molar-refractivity contribution in [3.05, 3.63) is 31.0 Å². The maximum absolute atomic E-state index is 12.3. The second-order valence-corrected chi connectivity index (χ2v) is 6.38. The van der Waals surface area contributed by atoms with Crippen LogP contribution in [0.4, 0.5) is 5.69 Å². The van der Waals surface area contributed by atoms with E-state index in [9.17, 15) is 4.79 Å². The summed E-state index contributed by atoms with van der Waals surface area (Å²) in [5.41, 5.74) is 0.717. The summed E-state index contributed by atoms with van der Waals surface area (Å²) in [7, 11) is 0. The molecule has 0 bridgehead atoms. The van der Waals surface area contributed by atoms with Gasteiger partial charge in [-0.3, -0.25) is 4.79 Å². The zero-order chi connectivity index (χ0) is 16.1. The minimum Gasteiger partial charge on any atom is -0.324 e. The van der Waals surface area contributed by atoms with E-state index in [4.69, 9.17) is 0 Å². The van der Waals surface area contributed by atoms with Crippen LogP contribution in [-0.4, -0.2) is 25.7 Å². The number of nitrogens with zero attached hydrogens (tertiary/aromatic N) is 4. The Kier molecular flexibility index (Phi) is 5.00. The molecular formula is C17H23N5O. The Morgan fingerprint density at radius 3 is 2.83 bits per heavy atom. The summed E-state index contributed by atoms with van der Waals surface area (Å²) < 4.78 is 1.58. The molecule has 0 aromatic carbocycles. The normalized spacial score (nSPS) is 16.9. The Balaban J connectivity index is 1.54. The summed E-state index contributed by atoms with van der Waals surface area (Å²) in [6.07, 6.45) is 12.2. The number of carbonyl (C=O) groups is 1. The lowest BCUT2D eigenvalue weighted by Gasteiger charge is -2.24. The third-order valence-electron chi connectivity index (χ3n) is 4.53. The molecule has 0 saturated heterocycles. The highest BCUT2D eigenvalue weighted by Crippen LogP contribution is 2.29. The van der Waals surface area contributed by atoms with Gasteiger partial charge in [-0.15, -0.1) is 0 Å². The van der Waals surface area contributed by atoms with Crippen LogP contribution in [0, 0.1) is 11.8 Å². The molecule has 0 unspecified atom stereocenters. The molecule has 1 aliphatic rings. The van der Waals surface area contributed by atoms with Gasteiger partial charge in [0.2, 0.25) is 5.91 Å². The van der Waals surface area contributed by atoms with E-state index in [0.717, 1.165) is 6.42 Å². The standard InChI is InChI=1S/C17H23N5O/c1-13(9-14-5-3-2-4-6-14)17(23)21-15-7-8-16(19-10-15)22-12-18-11-20-22/h7-8,10-14H,2-6,9H2,1H3,(H,21,23)/t13-/m1/s1. The van der Waals surface area contributed by atoms with E-state index in [-0.39, 0.29) is 11.8 Å². The van der Waals surface area contributed by atoms with Gasteiger partial charge in [0, 0.05) is 5.92 Å². The molecule has 6 heteroatoms. The Hall–Kier alpha value is -2.24. The molecule has 1 atom stereocenters. The average molecular weight is 313 g/mol.